The maximum atomic E-state index is 5.62. The lowest BCUT2D eigenvalue weighted by atomic mass is 10.0. The van der Waals surface area contributed by atoms with Crippen LogP contribution in [0.4, 0.5) is 0 Å². The predicted molar refractivity (Wildman–Crippen MR) is 78.2 cm³/mol. The molecule has 0 unspecified atom stereocenters. The van der Waals surface area contributed by atoms with Crippen molar-refractivity contribution in [3.8, 4) is 0 Å². The third-order valence-corrected chi connectivity index (χ3v) is 2.96. The molecule has 0 amide bonds. The van der Waals surface area contributed by atoms with E-state index in [0.29, 0.717) is 11.4 Å². The van der Waals surface area contributed by atoms with E-state index in [2.05, 4.69) is 37.1 Å². The first-order chi connectivity index (χ1) is 8.13. The van der Waals surface area contributed by atoms with Crippen LogP contribution in [-0.2, 0) is 13.0 Å². The summed E-state index contributed by atoms with van der Waals surface area (Å²) in [6.45, 7) is 4.32. The van der Waals surface area contributed by atoms with Crippen molar-refractivity contribution in [3.05, 3.63) is 35.4 Å². The summed E-state index contributed by atoms with van der Waals surface area (Å²) in [5.41, 5.74) is 8.21. The Balaban J connectivity index is 2.65. The summed E-state index contributed by atoms with van der Waals surface area (Å²) < 4.78 is 0. The van der Waals surface area contributed by atoms with Crippen molar-refractivity contribution in [1.82, 2.24) is 4.90 Å². The lowest BCUT2D eigenvalue weighted by Crippen LogP contribution is -2.21. The summed E-state index contributed by atoms with van der Waals surface area (Å²) in [7, 11) is 2.16. The van der Waals surface area contributed by atoms with Gasteiger partial charge >= 0.3 is 0 Å². The van der Waals surface area contributed by atoms with Gasteiger partial charge in [0.25, 0.3) is 0 Å². The van der Waals surface area contributed by atoms with E-state index in [4.69, 9.17) is 18.0 Å². The van der Waals surface area contributed by atoms with Crippen LogP contribution in [0.3, 0.4) is 0 Å². The smallest absolute Gasteiger partial charge is 0.0771 e. The van der Waals surface area contributed by atoms with E-state index in [-0.39, 0.29) is 0 Å². The number of nitrogens with zero attached hydrogens (tertiary/aromatic N) is 1. The number of nitrogens with two attached hydrogens (primary N) is 1. The first kappa shape index (κ1) is 14.1. The molecule has 0 atom stereocenters. The van der Waals surface area contributed by atoms with Crippen LogP contribution >= 0.6 is 12.2 Å². The van der Waals surface area contributed by atoms with Crippen LogP contribution in [0.1, 0.15) is 30.9 Å². The zero-order valence-electron chi connectivity index (χ0n) is 10.8. The van der Waals surface area contributed by atoms with Crippen molar-refractivity contribution >= 4 is 17.2 Å². The zero-order valence-corrected chi connectivity index (χ0v) is 11.6. The van der Waals surface area contributed by atoms with Crippen LogP contribution in [0.5, 0.6) is 0 Å². The Morgan fingerprint density at radius 2 is 1.94 bits per heavy atom. The summed E-state index contributed by atoms with van der Waals surface area (Å²) >= 11 is 4.98. The molecule has 0 saturated heterocycles. The fourth-order valence-corrected chi connectivity index (χ4v) is 2.03. The summed E-state index contributed by atoms with van der Waals surface area (Å²) in [5, 5.41) is 0. The minimum absolute atomic E-state index is 0.564. The number of benzene rings is 1. The zero-order chi connectivity index (χ0) is 12.7. The van der Waals surface area contributed by atoms with Gasteiger partial charge in [-0.05, 0) is 31.1 Å². The molecule has 0 saturated carbocycles. The molecule has 0 aliphatic carbocycles. The maximum absolute atomic E-state index is 5.62. The second-order valence-corrected chi connectivity index (χ2v) is 5.03. The summed E-state index contributed by atoms with van der Waals surface area (Å²) in [4.78, 5) is 2.91. The van der Waals surface area contributed by atoms with Crippen molar-refractivity contribution in [3.63, 3.8) is 0 Å². The average Bonchev–Trinajstić information content (AvgIpc) is 2.28. The van der Waals surface area contributed by atoms with Crippen molar-refractivity contribution in [2.75, 3.05) is 13.6 Å². The van der Waals surface area contributed by atoms with Gasteiger partial charge in [0, 0.05) is 13.0 Å². The number of hydrogen-bond acceptors (Lipinski definition) is 2. The van der Waals surface area contributed by atoms with E-state index in [1.54, 1.807) is 0 Å². The number of thiocarbonyl (C=S) groups is 1. The van der Waals surface area contributed by atoms with E-state index < -0.39 is 0 Å². The van der Waals surface area contributed by atoms with Crippen LogP contribution in [-0.4, -0.2) is 23.5 Å². The van der Waals surface area contributed by atoms with Gasteiger partial charge in [-0.25, -0.2) is 0 Å². The molecular formula is C14H22N2S. The van der Waals surface area contributed by atoms with Crippen LogP contribution in [0, 0.1) is 0 Å². The number of hydrogen-bond donors (Lipinski definition) is 1. The molecule has 94 valence electrons. The third-order valence-electron chi connectivity index (χ3n) is 2.82. The van der Waals surface area contributed by atoms with Crippen molar-refractivity contribution < 1.29 is 0 Å². The Bertz CT molecular complexity index is 363. The number of rotatable bonds is 7. The van der Waals surface area contributed by atoms with Gasteiger partial charge in [-0.15, -0.1) is 0 Å². The fraction of sp³-hybridized carbons (Fsp3) is 0.500. The quantitative estimate of drug-likeness (QED) is 0.755. The summed E-state index contributed by atoms with van der Waals surface area (Å²) in [5.74, 6) is 0. The maximum Gasteiger partial charge on any atom is 0.0771 e. The first-order valence-electron chi connectivity index (χ1n) is 6.17. The van der Waals surface area contributed by atoms with E-state index >= 15 is 0 Å². The molecule has 0 bridgehead atoms. The Kier molecular flexibility index (Phi) is 6.16. The molecule has 3 heteroatoms. The topological polar surface area (TPSA) is 29.3 Å². The first-order valence-corrected chi connectivity index (χ1v) is 6.58. The van der Waals surface area contributed by atoms with Gasteiger partial charge in [-0.1, -0.05) is 49.8 Å². The normalized spacial score (nSPS) is 10.8. The molecule has 17 heavy (non-hydrogen) atoms. The monoisotopic (exact) mass is 250 g/mol. The van der Waals surface area contributed by atoms with Crippen LogP contribution < -0.4 is 5.73 Å². The minimum atomic E-state index is 0.564. The van der Waals surface area contributed by atoms with Gasteiger partial charge in [-0.2, -0.15) is 0 Å². The van der Waals surface area contributed by atoms with E-state index in [1.165, 1.54) is 24.0 Å². The molecule has 0 aliphatic rings. The molecule has 1 aromatic rings. The van der Waals surface area contributed by atoms with Crippen LogP contribution in [0.15, 0.2) is 24.3 Å². The second-order valence-electron chi connectivity index (χ2n) is 4.50. The van der Waals surface area contributed by atoms with Gasteiger partial charge in [-0.3, -0.25) is 0 Å². The lowest BCUT2D eigenvalue weighted by Gasteiger charge is -2.18. The van der Waals surface area contributed by atoms with Crippen LogP contribution in [0.25, 0.3) is 0 Å². The molecule has 2 N–H and O–H groups in total. The Hall–Kier alpha value is -0.930. The van der Waals surface area contributed by atoms with E-state index in [0.717, 1.165) is 13.1 Å². The van der Waals surface area contributed by atoms with Gasteiger partial charge < -0.3 is 10.6 Å². The molecule has 1 aromatic carbocycles. The molecule has 0 spiro atoms. The fourth-order valence-electron chi connectivity index (χ4n) is 1.87. The van der Waals surface area contributed by atoms with Gasteiger partial charge in [0.1, 0.15) is 0 Å². The van der Waals surface area contributed by atoms with E-state index in [9.17, 15) is 0 Å². The SMILES string of the molecule is CCCCN(C)Cc1ccccc1CC(N)=S. The average molecular weight is 250 g/mol. The van der Waals surface area contributed by atoms with Gasteiger partial charge in [0.15, 0.2) is 0 Å². The molecule has 0 fully saturated rings. The molecule has 0 aliphatic heterocycles. The molecule has 0 heterocycles. The largest absolute Gasteiger partial charge is 0.393 e. The molecule has 2 nitrogen and oxygen atoms in total. The molecular weight excluding hydrogens is 228 g/mol. The number of unbranched alkanes of at least 4 members (excludes halogenated alkanes) is 1. The van der Waals surface area contributed by atoms with E-state index in [1.807, 2.05) is 6.07 Å². The highest BCUT2D eigenvalue weighted by molar-refractivity contribution is 7.80. The Morgan fingerprint density at radius 1 is 1.29 bits per heavy atom. The Morgan fingerprint density at radius 3 is 2.53 bits per heavy atom. The third kappa shape index (κ3) is 5.29. The molecule has 1 rings (SSSR count). The second kappa shape index (κ2) is 7.41. The molecule has 0 radical (unpaired) electrons. The summed E-state index contributed by atoms with van der Waals surface area (Å²) in [6.07, 6.45) is 3.18. The van der Waals surface area contributed by atoms with Crippen LogP contribution in [0.2, 0.25) is 0 Å². The highest BCUT2D eigenvalue weighted by atomic mass is 32.1. The summed E-state index contributed by atoms with van der Waals surface area (Å²) in [6, 6.07) is 8.40. The van der Waals surface area contributed by atoms with Crippen molar-refractivity contribution in [2.24, 2.45) is 5.73 Å². The highest BCUT2D eigenvalue weighted by Gasteiger charge is 2.05. The van der Waals surface area contributed by atoms with Crippen molar-refractivity contribution in [1.29, 1.82) is 0 Å². The minimum Gasteiger partial charge on any atom is -0.393 e. The Labute approximate surface area is 110 Å². The lowest BCUT2D eigenvalue weighted by molar-refractivity contribution is 0.320. The standard InChI is InChI=1S/C14H22N2S/c1-3-4-9-16(2)11-13-8-6-5-7-12(13)10-14(15)17/h5-8H,3-4,9-11H2,1-2H3,(H2,15,17). The highest BCUT2D eigenvalue weighted by Crippen LogP contribution is 2.12. The van der Waals surface area contributed by atoms with Gasteiger partial charge in [0.05, 0.1) is 4.99 Å². The van der Waals surface area contributed by atoms with Crippen molar-refractivity contribution in [2.45, 2.75) is 32.7 Å². The molecule has 0 aromatic heterocycles. The van der Waals surface area contributed by atoms with Gasteiger partial charge in [0.2, 0.25) is 0 Å². The predicted octanol–water partition coefficient (Wildman–Crippen LogP) is 2.75.